The first-order valence-corrected chi connectivity index (χ1v) is 4.93. The van der Waals surface area contributed by atoms with Gasteiger partial charge in [-0.05, 0) is 34.1 Å². The van der Waals surface area contributed by atoms with E-state index in [1.807, 2.05) is 18.2 Å². The second-order valence-electron chi connectivity index (χ2n) is 2.29. The van der Waals surface area contributed by atoms with Gasteiger partial charge < -0.3 is 0 Å². The van der Waals surface area contributed by atoms with Gasteiger partial charge in [0.05, 0.1) is 10.2 Å². The van der Waals surface area contributed by atoms with E-state index in [0.29, 0.717) is 0 Å². The molecule has 0 N–H and O–H groups in total. The molecule has 0 spiro atoms. The molecule has 2 rings (SSSR count). The van der Waals surface area contributed by atoms with Gasteiger partial charge in [0.15, 0.2) is 3.92 Å². The Morgan fingerprint density at radius 1 is 1.50 bits per heavy atom. The van der Waals surface area contributed by atoms with E-state index in [-0.39, 0.29) is 0 Å². The van der Waals surface area contributed by atoms with Crippen molar-refractivity contribution >= 4 is 37.5 Å². The lowest BCUT2D eigenvalue weighted by Gasteiger charge is -1.88. The van der Waals surface area contributed by atoms with E-state index in [2.05, 4.69) is 26.8 Å². The molecule has 3 heteroatoms. The number of benzene rings is 1. The van der Waals surface area contributed by atoms with Gasteiger partial charge in [0.1, 0.15) is 0 Å². The van der Waals surface area contributed by atoms with Gasteiger partial charge >= 0.3 is 0 Å². The molecule has 1 heterocycles. The van der Waals surface area contributed by atoms with E-state index in [1.165, 1.54) is 0 Å². The van der Waals surface area contributed by atoms with Gasteiger partial charge in [0.25, 0.3) is 0 Å². The first-order chi connectivity index (χ1) is 5.79. The Balaban J connectivity index is 2.77. The van der Waals surface area contributed by atoms with Crippen LogP contribution in [0.25, 0.3) is 10.2 Å². The zero-order valence-corrected chi connectivity index (χ0v) is 8.45. The number of halogens is 1. The molecule has 0 bridgehead atoms. The van der Waals surface area contributed by atoms with Crippen LogP contribution in [0.2, 0.25) is 0 Å². The minimum Gasteiger partial charge on any atom is -0.229 e. The molecule has 0 unspecified atom stereocenters. The second-order valence-corrected chi connectivity index (χ2v) is 4.60. The van der Waals surface area contributed by atoms with Crippen LogP contribution in [0.1, 0.15) is 5.56 Å². The maximum atomic E-state index is 5.26. The number of hydrogen-bond donors (Lipinski definition) is 0. The molecule has 0 atom stereocenters. The van der Waals surface area contributed by atoms with Crippen molar-refractivity contribution in [3.63, 3.8) is 0 Å². The first kappa shape index (κ1) is 7.78. The Kier molecular flexibility index (Phi) is 1.87. The normalized spacial score (nSPS) is 10.0. The van der Waals surface area contributed by atoms with Crippen LogP contribution < -0.4 is 0 Å². The average molecular weight is 238 g/mol. The molecule has 2 aromatic rings. The fraction of sp³-hybridized carbons (Fsp3) is 0. The van der Waals surface area contributed by atoms with Gasteiger partial charge in [-0.3, -0.25) is 0 Å². The third-order valence-corrected chi connectivity index (χ3v) is 3.02. The van der Waals surface area contributed by atoms with Crippen molar-refractivity contribution in [1.82, 2.24) is 4.98 Å². The molecule has 0 aliphatic carbocycles. The molecule has 0 amide bonds. The van der Waals surface area contributed by atoms with Gasteiger partial charge in [-0.2, -0.15) is 0 Å². The molecule has 1 aromatic heterocycles. The van der Waals surface area contributed by atoms with Crippen molar-refractivity contribution in [3.8, 4) is 12.3 Å². The average Bonchev–Trinajstić information content (AvgIpc) is 2.43. The second kappa shape index (κ2) is 2.89. The lowest BCUT2D eigenvalue weighted by Crippen LogP contribution is -1.72. The fourth-order valence-electron chi connectivity index (χ4n) is 0.989. The van der Waals surface area contributed by atoms with Crippen LogP contribution in [0, 0.1) is 12.3 Å². The van der Waals surface area contributed by atoms with E-state index < -0.39 is 0 Å². The summed E-state index contributed by atoms with van der Waals surface area (Å²) in [5.74, 6) is 2.58. The summed E-state index contributed by atoms with van der Waals surface area (Å²) in [6.07, 6.45) is 5.26. The Bertz CT molecular complexity index is 467. The van der Waals surface area contributed by atoms with Crippen molar-refractivity contribution in [2.24, 2.45) is 0 Å². The Morgan fingerprint density at radius 3 is 3.08 bits per heavy atom. The van der Waals surface area contributed by atoms with Gasteiger partial charge in [-0.15, -0.1) is 17.8 Å². The van der Waals surface area contributed by atoms with E-state index in [1.54, 1.807) is 11.3 Å². The molecule has 1 aromatic carbocycles. The molecule has 12 heavy (non-hydrogen) atoms. The van der Waals surface area contributed by atoms with Crippen LogP contribution in [0.5, 0.6) is 0 Å². The monoisotopic (exact) mass is 237 g/mol. The van der Waals surface area contributed by atoms with E-state index in [0.717, 1.165) is 19.7 Å². The maximum Gasteiger partial charge on any atom is 0.160 e. The molecular weight excluding hydrogens is 234 g/mol. The van der Waals surface area contributed by atoms with Crippen molar-refractivity contribution in [1.29, 1.82) is 0 Å². The molecule has 0 saturated carbocycles. The van der Waals surface area contributed by atoms with Crippen LogP contribution in [0.4, 0.5) is 0 Å². The van der Waals surface area contributed by atoms with Crippen molar-refractivity contribution < 1.29 is 0 Å². The standard InChI is InChI=1S/C9H4BrNS/c1-2-6-3-4-8-7(5-6)11-9(10)12-8/h1,3-5H. The van der Waals surface area contributed by atoms with Crippen molar-refractivity contribution in [2.45, 2.75) is 0 Å². The van der Waals surface area contributed by atoms with Crippen LogP contribution in [-0.4, -0.2) is 4.98 Å². The minimum absolute atomic E-state index is 0.875. The molecule has 0 radical (unpaired) electrons. The number of nitrogens with zero attached hydrogens (tertiary/aromatic N) is 1. The molecule has 0 aliphatic rings. The lowest BCUT2D eigenvalue weighted by molar-refractivity contribution is 1.45. The summed E-state index contributed by atoms with van der Waals surface area (Å²) < 4.78 is 2.05. The molecule has 0 fully saturated rings. The highest BCUT2D eigenvalue weighted by atomic mass is 79.9. The predicted molar refractivity (Wildman–Crippen MR) is 55.3 cm³/mol. The van der Waals surface area contributed by atoms with Gasteiger partial charge in [0, 0.05) is 5.56 Å². The quantitative estimate of drug-likeness (QED) is 0.643. The largest absolute Gasteiger partial charge is 0.229 e. The van der Waals surface area contributed by atoms with Crippen LogP contribution in [0.15, 0.2) is 22.1 Å². The molecule has 58 valence electrons. The summed E-state index contributed by atoms with van der Waals surface area (Å²) in [6.45, 7) is 0. The number of aromatic nitrogens is 1. The Labute approximate surface area is 82.6 Å². The molecule has 0 aliphatic heterocycles. The third kappa shape index (κ3) is 1.24. The number of terminal acetylenes is 1. The maximum absolute atomic E-state index is 5.26. The summed E-state index contributed by atoms with van der Waals surface area (Å²) in [5, 5.41) is 0. The zero-order valence-electron chi connectivity index (χ0n) is 6.04. The summed E-state index contributed by atoms with van der Waals surface area (Å²) in [4.78, 5) is 4.26. The summed E-state index contributed by atoms with van der Waals surface area (Å²) in [7, 11) is 0. The van der Waals surface area contributed by atoms with Gasteiger partial charge in [-0.1, -0.05) is 5.92 Å². The summed E-state index contributed by atoms with van der Waals surface area (Å²) in [6, 6.07) is 5.83. The third-order valence-electron chi connectivity index (χ3n) is 1.53. The van der Waals surface area contributed by atoms with Crippen molar-refractivity contribution in [2.75, 3.05) is 0 Å². The molecule has 0 saturated heterocycles. The Hall–Kier alpha value is -0.850. The van der Waals surface area contributed by atoms with E-state index >= 15 is 0 Å². The molecule has 1 nitrogen and oxygen atoms in total. The van der Waals surface area contributed by atoms with Crippen molar-refractivity contribution in [3.05, 3.63) is 27.7 Å². The highest BCUT2D eigenvalue weighted by molar-refractivity contribution is 9.11. The Morgan fingerprint density at radius 2 is 2.33 bits per heavy atom. The fourth-order valence-corrected chi connectivity index (χ4v) is 2.37. The van der Waals surface area contributed by atoms with Gasteiger partial charge in [-0.25, -0.2) is 4.98 Å². The summed E-state index contributed by atoms with van der Waals surface area (Å²) >= 11 is 4.94. The topological polar surface area (TPSA) is 12.9 Å². The first-order valence-electron chi connectivity index (χ1n) is 3.32. The molecular formula is C9H4BrNS. The zero-order chi connectivity index (χ0) is 8.55. The minimum atomic E-state index is 0.875. The number of rotatable bonds is 0. The summed E-state index contributed by atoms with van der Waals surface area (Å²) in [5.41, 5.74) is 1.84. The lowest BCUT2D eigenvalue weighted by atomic mass is 10.2. The van der Waals surface area contributed by atoms with E-state index in [9.17, 15) is 0 Å². The number of thiazole rings is 1. The van der Waals surface area contributed by atoms with E-state index in [4.69, 9.17) is 6.42 Å². The van der Waals surface area contributed by atoms with Crippen LogP contribution in [0.3, 0.4) is 0 Å². The van der Waals surface area contributed by atoms with Crippen LogP contribution in [-0.2, 0) is 0 Å². The highest BCUT2D eigenvalue weighted by Gasteiger charge is 2.00. The number of hydrogen-bond acceptors (Lipinski definition) is 2. The predicted octanol–water partition coefficient (Wildman–Crippen LogP) is 3.04. The van der Waals surface area contributed by atoms with Gasteiger partial charge in [0.2, 0.25) is 0 Å². The SMILES string of the molecule is C#Cc1ccc2sc(Br)nc2c1. The highest BCUT2D eigenvalue weighted by Crippen LogP contribution is 2.26. The number of fused-ring (bicyclic) bond motifs is 1. The smallest absolute Gasteiger partial charge is 0.160 e. The van der Waals surface area contributed by atoms with Crippen LogP contribution >= 0.6 is 27.3 Å².